The summed E-state index contributed by atoms with van der Waals surface area (Å²) in [5, 5.41) is 17.0. The largest absolute Gasteiger partial charge is 0.495 e. The average Bonchev–Trinajstić information content (AvgIpc) is 2.81. The summed E-state index contributed by atoms with van der Waals surface area (Å²) in [6, 6.07) is 8.22. The van der Waals surface area contributed by atoms with Crippen LogP contribution < -0.4 is 20.3 Å². The lowest BCUT2D eigenvalue weighted by molar-refractivity contribution is 0.0790. The first-order valence-electron chi connectivity index (χ1n) is 11.5. The van der Waals surface area contributed by atoms with Gasteiger partial charge in [-0.3, -0.25) is 0 Å². The van der Waals surface area contributed by atoms with Crippen LogP contribution in [0.4, 0.5) is 33.2 Å². The molecule has 0 unspecified atom stereocenters. The quantitative estimate of drug-likeness (QED) is 0.303. The molecule has 194 valence electrons. The summed E-state index contributed by atoms with van der Waals surface area (Å²) in [6.07, 6.45) is 1.63. The van der Waals surface area contributed by atoms with E-state index in [0.29, 0.717) is 27.5 Å². The molecule has 0 radical (unpaired) electrons. The van der Waals surface area contributed by atoms with E-state index in [1.54, 1.807) is 33.2 Å². The lowest BCUT2D eigenvalue weighted by Gasteiger charge is -2.25. The molecule has 0 aliphatic heterocycles. The van der Waals surface area contributed by atoms with Gasteiger partial charge in [-0.25, -0.2) is 9.37 Å². The summed E-state index contributed by atoms with van der Waals surface area (Å²) in [5.74, 6) is 1.14. The van der Waals surface area contributed by atoms with E-state index < -0.39 is 11.4 Å². The predicted molar refractivity (Wildman–Crippen MR) is 147 cm³/mol. The predicted octanol–water partition coefficient (Wildman–Crippen LogP) is 5.41. The van der Waals surface area contributed by atoms with E-state index in [1.165, 1.54) is 12.1 Å². The maximum atomic E-state index is 13.9. The zero-order valence-corrected chi connectivity index (χ0v) is 23.4. The standard InChI is InChI=1S/C26H34BrFN6O2/c1-16-12-22(34(6)11-10-33(4)5)23(36-7)14-21(16)31-25-29-15-19(27)24(32-25)30-20-9-8-17(28)13-18(20)26(2,3)35/h8-9,12-15,35H,10-11H2,1-7H3,(H2,29,30,31,32). The van der Waals surface area contributed by atoms with Crippen LogP contribution in [0.25, 0.3) is 0 Å². The minimum absolute atomic E-state index is 0.367. The number of rotatable bonds is 10. The number of anilines is 5. The number of likely N-dealkylation sites (N-methyl/N-ethyl adjacent to an activating group) is 2. The van der Waals surface area contributed by atoms with Gasteiger partial charge in [0.25, 0.3) is 0 Å². The molecule has 0 saturated heterocycles. The zero-order valence-electron chi connectivity index (χ0n) is 21.8. The van der Waals surface area contributed by atoms with Crippen molar-refractivity contribution in [3.05, 3.63) is 57.9 Å². The molecule has 0 aliphatic carbocycles. The Morgan fingerprint density at radius 3 is 2.44 bits per heavy atom. The number of hydrogen-bond acceptors (Lipinski definition) is 8. The molecule has 1 heterocycles. The summed E-state index contributed by atoms with van der Waals surface area (Å²) in [5.41, 5.74) is 2.52. The molecule has 3 aromatic rings. The van der Waals surface area contributed by atoms with E-state index in [-0.39, 0.29) is 0 Å². The Bertz CT molecular complexity index is 1220. The monoisotopic (exact) mass is 560 g/mol. The Morgan fingerprint density at radius 1 is 1.08 bits per heavy atom. The first kappa shape index (κ1) is 27.6. The van der Waals surface area contributed by atoms with Crippen LogP contribution in [-0.4, -0.2) is 61.3 Å². The number of benzene rings is 2. The van der Waals surface area contributed by atoms with Gasteiger partial charge in [-0.05, 0) is 80.6 Å². The minimum atomic E-state index is -1.25. The summed E-state index contributed by atoms with van der Waals surface area (Å²) < 4.78 is 20.1. The van der Waals surface area contributed by atoms with Gasteiger partial charge in [0, 0.05) is 49.3 Å². The van der Waals surface area contributed by atoms with E-state index >= 15 is 0 Å². The maximum absolute atomic E-state index is 13.9. The van der Waals surface area contributed by atoms with Gasteiger partial charge in [0.1, 0.15) is 17.4 Å². The van der Waals surface area contributed by atoms with Crippen molar-refractivity contribution in [3.63, 3.8) is 0 Å². The van der Waals surface area contributed by atoms with Gasteiger partial charge in [0.05, 0.1) is 22.9 Å². The van der Waals surface area contributed by atoms with Crippen LogP contribution in [0.2, 0.25) is 0 Å². The first-order valence-corrected chi connectivity index (χ1v) is 12.3. The summed E-state index contributed by atoms with van der Waals surface area (Å²) >= 11 is 3.47. The minimum Gasteiger partial charge on any atom is -0.495 e. The van der Waals surface area contributed by atoms with Crippen LogP contribution in [0, 0.1) is 12.7 Å². The second-order valence-corrected chi connectivity index (χ2v) is 10.3. The fourth-order valence-electron chi connectivity index (χ4n) is 3.63. The number of ether oxygens (including phenoxy) is 1. The van der Waals surface area contributed by atoms with E-state index in [9.17, 15) is 9.50 Å². The van der Waals surface area contributed by atoms with E-state index in [1.807, 2.05) is 34.1 Å². The molecule has 0 fully saturated rings. The van der Waals surface area contributed by atoms with Gasteiger partial charge in [0.2, 0.25) is 5.95 Å². The van der Waals surface area contributed by atoms with Crippen LogP contribution in [0.15, 0.2) is 41.0 Å². The fourth-order valence-corrected chi connectivity index (χ4v) is 3.92. The van der Waals surface area contributed by atoms with Crippen molar-refractivity contribution in [2.75, 3.05) is 56.9 Å². The Balaban J connectivity index is 1.89. The first-order chi connectivity index (χ1) is 16.9. The number of nitrogens with one attached hydrogen (secondary N) is 2. The molecule has 3 rings (SSSR count). The topological polar surface area (TPSA) is 85.8 Å². The molecule has 0 spiro atoms. The number of methoxy groups -OCH3 is 1. The van der Waals surface area contributed by atoms with Crippen molar-refractivity contribution in [2.24, 2.45) is 0 Å². The Hall–Kier alpha value is -2.95. The highest BCUT2D eigenvalue weighted by Crippen LogP contribution is 2.36. The van der Waals surface area contributed by atoms with Crippen LogP contribution in [0.1, 0.15) is 25.0 Å². The molecule has 0 aliphatic rings. The summed E-state index contributed by atoms with van der Waals surface area (Å²) in [7, 11) is 7.79. The average molecular weight is 562 g/mol. The smallest absolute Gasteiger partial charge is 0.229 e. The van der Waals surface area contributed by atoms with Gasteiger partial charge < -0.3 is 30.3 Å². The van der Waals surface area contributed by atoms with Crippen LogP contribution >= 0.6 is 15.9 Å². The molecular weight excluding hydrogens is 527 g/mol. The highest BCUT2D eigenvalue weighted by atomic mass is 79.9. The highest BCUT2D eigenvalue weighted by molar-refractivity contribution is 9.10. The fraction of sp³-hybridized carbons (Fsp3) is 0.385. The van der Waals surface area contributed by atoms with Crippen molar-refractivity contribution in [2.45, 2.75) is 26.4 Å². The second kappa shape index (κ2) is 11.4. The van der Waals surface area contributed by atoms with Crippen molar-refractivity contribution < 1.29 is 14.2 Å². The summed E-state index contributed by atoms with van der Waals surface area (Å²) in [6.45, 7) is 7.00. The molecule has 0 bridgehead atoms. The molecule has 2 aromatic carbocycles. The van der Waals surface area contributed by atoms with Crippen molar-refractivity contribution in [3.8, 4) is 5.75 Å². The molecule has 0 atom stereocenters. The molecule has 3 N–H and O–H groups in total. The highest BCUT2D eigenvalue weighted by Gasteiger charge is 2.22. The molecule has 8 nitrogen and oxygen atoms in total. The lowest BCUT2D eigenvalue weighted by Crippen LogP contribution is -2.28. The second-order valence-electron chi connectivity index (χ2n) is 9.45. The number of hydrogen-bond donors (Lipinski definition) is 3. The van der Waals surface area contributed by atoms with Crippen LogP contribution in [-0.2, 0) is 5.60 Å². The maximum Gasteiger partial charge on any atom is 0.229 e. The van der Waals surface area contributed by atoms with Crippen LogP contribution in [0.5, 0.6) is 5.75 Å². The third kappa shape index (κ3) is 6.83. The van der Waals surface area contributed by atoms with Crippen LogP contribution in [0.3, 0.4) is 0 Å². The molecule has 0 amide bonds. The van der Waals surface area contributed by atoms with Crippen molar-refractivity contribution in [1.29, 1.82) is 0 Å². The van der Waals surface area contributed by atoms with Crippen molar-refractivity contribution in [1.82, 2.24) is 14.9 Å². The molecular formula is C26H34BrFN6O2. The van der Waals surface area contributed by atoms with Gasteiger partial charge in [0.15, 0.2) is 0 Å². The molecule has 36 heavy (non-hydrogen) atoms. The number of aromatic nitrogens is 2. The van der Waals surface area contributed by atoms with Gasteiger partial charge >= 0.3 is 0 Å². The normalized spacial score (nSPS) is 11.5. The Labute approximate surface area is 220 Å². The summed E-state index contributed by atoms with van der Waals surface area (Å²) in [4.78, 5) is 13.3. The SMILES string of the molecule is COc1cc(Nc2ncc(Br)c(Nc3ccc(F)cc3C(C)(C)O)n2)c(C)cc1N(C)CCN(C)C. The number of halogens is 2. The number of aryl methyl sites for hydroxylation is 1. The van der Waals surface area contributed by atoms with E-state index in [4.69, 9.17) is 4.74 Å². The third-order valence-electron chi connectivity index (χ3n) is 5.70. The van der Waals surface area contributed by atoms with E-state index in [2.05, 4.69) is 52.4 Å². The Kier molecular flexibility index (Phi) is 8.76. The molecule has 0 saturated carbocycles. The van der Waals surface area contributed by atoms with Gasteiger partial charge in [-0.2, -0.15) is 4.98 Å². The zero-order chi connectivity index (χ0) is 26.6. The molecule has 1 aromatic heterocycles. The number of aliphatic hydroxyl groups is 1. The lowest BCUT2D eigenvalue weighted by atomic mass is 9.96. The van der Waals surface area contributed by atoms with Gasteiger partial charge in [-0.1, -0.05) is 0 Å². The number of nitrogens with zero attached hydrogens (tertiary/aromatic N) is 4. The van der Waals surface area contributed by atoms with Crippen molar-refractivity contribution >= 4 is 44.8 Å². The van der Waals surface area contributed by atoms with E-state index in [0.717, 1.165) is 35.8 Å². The Morgan fingerprint density at radius 2 is 1.81 bits per heavy atom. The molecule has 10 heteroatoms. The third-order valence-corrected chi connectivity index (χ3v) is 6.28. The van der Waals surface area contributed by atoms with Gasteiger partial charge in [-0.15, -0.1) is 0 Å².